The van der Waals surface area contributed by atoms with E-state index in [-0.39, 0.29) is 30.0 Å². The predicted molar refractivity (Wildman–Crippen MR) is 168 cm³/mol. The molecule has 1 aliphatic heterocycles. The molecule has 1 saturated heterocycles. The van der Waals surface area contributed by atoms with Gasteiger partial charge in [-0.05, 0) is 101 Å². The molecule has 0 spiro atoms. The van der Waals surface area contributed by atoms with Gasteiger partial charge in [-0.15, -0.1) is 0 Å². The molecule has 3 N–H and O–H groups in total. The second kappa shape index (κ2) is 14.0. The fraction of sp³-hybridized carbons (Fsp3) is 0.833. The maximum absolute atomic E-state index is 14.4. The van der Waals surface area contributed by atoms with Gasteiger partial charge in [-0.1, -0.05) is 51.5 Å². The van der Waals surface area contributed by atoms with Gasteiger partial charge < -0.3 is 29.5 Å². The van der Waals surface area contributed by atoms with Gasteiger partial charge in [0.2, 0.25) is 0 Å². The van der Waals surface area contributed by atoms with Crippen LogP contribution in [0.1, 0.15) is 106 Å². The Bertz CT molecular complexity index is 1080. The van der Waals surface area contributed by atoms with Crippen LogP contribution in [0.2, 0.25) is 0 Å². The van der Waals surface area contributed by atoms with E-state index in [9.17, 15) is 24.9 Å². The average molecular weight is 619 g/mol. The number of carbonyl (C=O) groups is 2. The van der Waals surface area contributed by atoms with E-state index in [1.807, 2.05) is 0 Å². The van der Waals surface area contributed by atoms with Crippen molar-refractivity contribution in [3.8, 4) is 0 Å². The van der Waals surface area contributed by atoms with E-state index in [1.165, 1.54) is 12.5 Å². The largest absolute Gasteiger partial charge is 0.457 e. The molecule has 4 rings (SSSR count). The first-order valence-electron chi connectivity index (χ1n) is 17.0. The van der Waals surface area contributed by atoms with Crippen molar-refractivity contribution < 1.29 is 39.1 Å². The molecule has 4 aliphatic rings. The molecule has 0 aromatic rings. The highest BCUT2D eigenvalue weighted by Gasteiger charge is 2.56. The summed E-state index contributed by atoms with van der Waals surface area (Å²) < 4.78 is 17.2. The monoisotopic (exact) mass is 618 g/mol. The average Bonchev–Trinajstić information content (AvgIpc) is 3.29. The Morgan fingerprint density at radius 1 is 1.16 bits per heavy atom. The molecule has 3 aliphatic carbocycles. The highest BCUT2D eigenvalue weighted by atomic mass is 16.7. The molecule has 8 heteroatoms. The van der Waals surface area contributed by atoms with Gasteiger partial charge in [-0.2, -0.15) is 0 Å². The maximum atomic E-state index is 14.4. The molecule has 0 aromatic carbocycles. The van der Waals surface area contributed by atoms with Crippen LogP contribution in [0, 0.1) is 40.4 Å². The first-order valence-corrected chi connectivity index (χ1v) is 17.0. The summed E-state index contributed by atoms with van der Waals surface area (Å²) in [6, 6.07) is 0. The van der Waals surface area contributed by atoms with Crippen molar-refractivity contribution in [3.63, 3.8) is 0 Å². The summed E-state index contributed by atoms with van der Waals surface area (Å²) in [5.74, 6) is 1.41. The summed E-state index contributed by atoms with van der Waals surface area (Å²) in [6.07, 6.45) is 4.15. The van der Waals surface area contributed by atoms with Crippen molar-refractivity contribution in [2.24, 2.45) is 40.4 Å². The van der Waals surface area contributed by atoms with E-state index in [2.05, 4.69) is 47.3 Å². The number of rotatable bonds is 11. The van der Waals surface area contributed by atoms with Crippen molar-refractivity contribution in [1.29, 1.82) is 0 Å². The third kappa shape index (κ3) is 6.90. The lowest BCUT2D eigenvalue weighted by atomic mass is 9.55. The second-order valence-electron chi connectivity index (χ2n) is 15.1. The molecule has 2 saturated carbocycles. The number of fused-ring (bicyclic) bond motifs is 1. The quantitative estimate of drug-likeness (QED) is 0.204. The number of hydrogen-bond acceptors (Lipinski definition) is 8. The Morgan fingerprint density at radius 3 is 2.50 bits per heavy atom. The van der Waals surface area contributed by atoms with Gasteiger partial charge >= 0.3 is 5.97 Å². The minimum Gasteiger partial charge on any atom is -0.457 e. The van der Waals surface area contributed by atoms with Gasteiger partial charge in [-0.3, -0.25) is 9.59 Å². The third-order valence-electron chi connectivity index (χ3n) is 12.1. The van der Waals surface area contributed by atoms with Gasteiger partial charge in [0.05, 0.1) is 12.2 Å². The Kier molecular flexibility index (Phi) is 11.3. The number of Topliss-reactive ketones (excluding diaryl/α,β-unsaturated/α-hetero) is 1. The van der Waals surface area contributed by atoms with Crippen LogP contribution < -0.4 is 0 Å². The van der Waals surface area contributed by atoms with Crippen LogP contribution >= 0.6 is 0 Å². The van der Waals surface area contributed by atoms with Crippen molar-refractivity contribution >= 4 is 11.8 Å². The first kappa shape index (κ1) is 35.3. The molecule has 0 unspecified atom stereocenters. The number of ketones is 1. The van der Waals surface area contributed by atoms with E-state index >= 15 is 0 Å². The van der Waals surface area contributed by atoms with Crippen molar-refractivity contribution in [2.75, 3.05) is 6.61 Å². The van der Waals surface area contributed by atoms with Crippen LogP contribution in [-0.2, 0) is 23.8 Å². The summed E-state index contributed by atoms with van der Waals surface area (Å²) in [5.41, 5.74) is 1.74. The molecule has 0 aromatic heterocycles. The highest BCUT2D eigenvalue weighted by Crippen LogP contribution is 2.60. The lowest BCUT2D eigenvalue weighted by molar-refractivity contribution is -0.307. The zero-order chi connectivity index (χ0) is 32.6. The molecule has 1 heterocycles. The van der Waals surface area contributed by atoms with E-state index in [0.717, 1.165) is 37.7 Å². The van der Waals surface area contributed by atoms with E-state index < -0.39 is 42.1 Å². The fourth-order valence-corrected chi connectivity index (χ4v) is 9.09. The number of allylic oxidation sites excluding steroid dienone is 2. The van der Waals surface area contributed by atoms with Crippen LogP contribution in [-0.4, -0.2) is 70.5 Å². The highest BCUT2D eigenvalue weighted by molar-refractivity contribution is 5.91. The molecule has 8 nitrogen and oxygen atoms in total. The number of carbonyl (C=O) groups excluding carboxylic acids is 2. The molecule has 0 amide bonds. The second-order valence-corrected chi connectivity index (χ2v) is 15.1. The number of aliphatic hydroxyl groups is 3. The molecule has 0 bridgehead atoms. The standard InChI is InChI=1S/C36H58O8/c1-20(2)21(3)9-10-22(4)28-13-14-29(36(28,8)17-18-37)27-12-11-25-19-26(15-16-35(25,7)33(27)41)44-34-31(40)30(39)32(23(5)42-34)43-24(6)38/h11,20,22-23,26-32,34,37,39-40H,3,9-10,12-19H2,1-2,4-8H3/t22-,23+,26+,27+,28-,29+,30+,31+,32-,34+,35+,36-/m1/s1. The minimum absolute atomic E-state index is 0.0571. The van der Waals surface area contributed by atoms with E-state index in [1.54, 1.807) is 6.92 Å². The third-order valence-corrected chi connectivity index (χ3v) is 12.1. The maximum Gasteiger partial charge on any atom is 0.303 e. The predicted octanol–water partition coefficient (Wildman–Crippen LogP) is 5.52. The summed E-state index contributed by atoms with van der Waals surface area (Å²) in [7, 11) is 0. The van der Waals surface area contributed by atoms with E-state index in [4.69, 9.17) is 14.2 Å². The molecule has 0 radical (unpaired) electrons. The van der Waals surface area contributed by atoms with Gasteiger partial charge in [0.25, 0.3) is 0 Å². The summed E-state index contributed by atoms with van der Waals surface area (Å²) in [4.78, 5) is 25.8. The van der Waals surface area contributed by atoms with Gasteiger partial charge in [-0.25, -0.2) is 0 Å². The lowest BCUT2D eigenvalue weighted by Crippen LogP contribution is -2.59. The zero-order valence-electron chi connectivity index (χ0n) is 28.1. The van der Waals surface area contributed by atoms with Crippen LogP contribution in [0.3, 0.4) is 0 Å². The first-order chi connectivity index (χ1) is 20.6. The number of ether oxygens (including phenoxy) is 3. The molecule has 3 fully saturated rings. The summed E-state index contributed by atoms with van der Waals surface area (Å²) in [6.45, 7) is 18.5. The number of esters is 1. The lowest BCUT2D eigenvalue weighted by Gasteiger charge is -2.49. The van der Waals surface area contributed by atoms with Crippen LogP contribution in [0.5, 0.6) is 0 Å². The topological polar surface area (TPSA) is 123 Å². The minimum atomic E-state index is -1.36. The Labute approximate surface area is 264 Å². The molecule has 250 valence electrons. The van der Waals surface area contributed by atoms with Crippen LogP contribution in [0.4, 0.5) is 0 Å². The van der Waals surface area contributed by atoms with Gasteiger partial charge in [0, 0.05) is 24.9 Å². The zero-order valence-corrected chi connectivity index (χ0v) is 28.1. The molecular weight excluding hydrogens is 560 g/mol. The van der Waals surface area contributed by atoms with Crippen molar-refractivity contribution in [3.05, 3.63) is 23.8 Å². The van der Waals surface area contributed by atoms with Crippen LogP contribution in [0.15, 0.2) is 23.8 Å². The van der Waals surface area contributed by atoms with E-state index in [0.29, 0.717) is 49.2 Å². The van der Waals surface area contributed by atoms with Crippen LogP contribution in [0.25, 0.3) is 0 Å². The molecular formula is C36H58O8. The number of aliphatic hydroxyl groups excluding tert-OH is 3. The van der Waals surface area contributed by atoms with Crippen molar-refractivity contribution in [1.82, 2.24) is 0 Å². The number of hydrogen-bond donors (Lipinski definition) is 3. The van der Waals surface area contributed by atoms with Gasteiger partial charge in [0.15, 0.2) is 12.4 Å². The fourth-order valence-electron chi connectivity index (χ4n) is 9.09. The summed E-state index contributed by atoms with van der Waals surface area (Å²) >= 11 is 0. The van der Waals surface area contributed by atoms with Crippen molar-refractivity contribution in [2.45, 2.75) is 143 Å². The normalized spacial score (nSPS) is 41.7. The Balaban J connectivity index is 1.44. The molecule has 44 heavy (non-hydrogen) atoms. The SMILES string of the molecule is C=C(CC[C@@H](C)[C@H]1CC[C@@H]([C@@H]2CC=C3C[C@@H](O[C@@H]4O[C@@H](C)[C@@H](OC(C)=O)[C@@H](O)[C@@H]4O)CC[C@]3(C)C2=O)[C@]1(C)CCO)C(C)C. The summed E-state index contributed by atoms with van der Waals surface area (Å²) in [5, 5.41) is 31.5. The Hall–Kier alpha value is -1.58. The van der Waals surface area contributed by atoms with Gasteiger partial charge in [0.1, 0.15) is 18.0 Å². The molecule has 12 atom stereocenters. The Morgan fingerprint density at radius 2 is 1.86 bits per heavy atom. The smallest absolute Gasteiger partial charge is 0.303 e.